The van der Waals surface area contributed by atoms with Gasteiger partial charge in [-0.15, -0.1) is 6.58 Å². The number of nitrogens with one attached hydrogen (secondary N) is 1. The Bertz CT molecular complexity index is 825. The largest absolute Gasteiger partial charge is 0.353 e. The van der Waals surface area contributed by atoms with Gasteiger partial charge in [0.25, 0.3) is 0 Å². The van der Waals surface area contributed by atoms with Crippen LogP contribution in [0.4, 0.5) is 0 Å². The molecule has 2 rings (SSSR count). The SMILES string of the molecule is C=CCn1c(-c2ccc(Cl)cc2)nn(CN(C)CC(=O)NC(C)C)c1=S. The van der Waals surface area contributed by atoms with Crippen LogP contribution in [0.25, 0.3) is 11.4 Å². The van der Waals surface area contributed by atoms with Crippen LogP contribution in [-0.2, 0) is 18.0 Å². The van der Waals surface area contributed by atoms with Gasteiger partial charge in [-0.05, 0) is 57.4 Å². The number of nitrogens with zero attached hydrogens (tertiary/aromatic N) is 4. The highest BCUT2D eigenvalue weighted by Gasteiger charge is 2.14. The molecule has 1 N–H and O–H groups in total. The molecule has 2 aromatic rings. The normalized spacial score (nSPS) is 11.2. The van der Waals surface area contributed by atoms with Crippen LogP contribution in [0, 0.1) is 4.77 Å². The fraction of sp³-hybridized carbons (Fsp3) is 0.389. The molecule has 0 saturated heterocycles. The van der Waals surface area contributed by atoms with Crippen molar-refractivity contribution in [1.82, 2.24) is 24.6 Å². The second-order valence-corrected chi connectivity index (χ2v) is 7.19. The summed E-state index contributed by atoms with van der Waals surface area (Å²) in [6.45, 7) is 8.89. The highest BCUT2D eigenvalue weighted by atomic mass is 35.5. The Hall–Kier alpha value is -1.96. The molecule has 6 nitrogen and oxygen atoms in total. The number of benzene rings is 1. The van der Waals surface area contributed by atoms with E-state index in [-0.39, 0.29) is 18.5 Å². The van der Waals surface area contributed by atoms with Crippen LogP contribution in [0.1, 0.15) is 13.8 Å². The number of amides is 1. The van der Waals surface area contributed by atoms with Gasteiger partial charge in [0.2, 0.25) is 5.91 Å². The van der Waals surface area contributed by atoms with Crippen LogP contribution in [0.3, 0.4) is 0 Å². The van der Waals surface area contributed by atoms with Gasteiger partial charge in [-0.2, -0.15) is 5.10 Å². The van der Waals surface area contributed by atoms with Crippen molar-refractivity contribution in [2.24, 2.45) is 0 Å². The van der Waals surface area contributed by atoms with Crippen LogP contribution in [0.15, 0.2) is 36.9 Å². The molecular formula is C18H24ClN5OS. The summed E-state index contributed by atoms with van der Waals surface area (Å²) >= 11 is 11.5. The second-order valence-electron chi connectivity index (χ2n) is 6.39. The van der Waals surface area contributed by atoms with Gasteiger partial charge in [0.1, 0.15) is 0 Å². The first-order chi connectivity index (χ1) is 12.3. The number of hydrogen-bond acceptors (Lipinski definition) is 4. The number of aromatic nitrogens is 3. The Morgan fingerprint density at radius 3 is 2.65 bits per heavy atom. The van der Waals surface area contributed by atoms with E-state index in [0.29, 0.717) is 23.0 Å². The van der Waals surface area contributed by atoms with E-state index >= 15 is 0 Å². The van der Waals surface area contributed by atoms with Crippen LogP contribution < -0.4 is 5.32 Å². The third-order valence-electron chi connectivity index (χ3n) is 3.58. The molecule has 0 fully saturated rings. The zero-order valence-corrected chi connectivity index (χ0v) is 16.8. The third kappa shape index (κ3) is 5.27. The highest BCUT2D eigenvalue weighted by Crippen LogP contribution is 2.21. The maximum absolute atomic E-state index is 11.9. The highest BCUT2D eigenvalue weighted by molar-refractivity contribution is 7.71. The fourth-order valence-electron chi connectivity index (χ4n) is 2.53. The summed E-state index contributed by atoms with van der Waals surface area (Å²) in [6.07, 6.45) is 1.78. The molecule has 0 unspecified atom stereocenters. The second kappa shape index (κ2) is 9.12. The molecule has 1 aromatic heterocycles. The predicted molar refractivity (Wildman–Crippen MR) is 108 cm³/mol. The summed E-state index contributed by atoms with van der Waals surface area (Å²) in [4.78, 5) is 13.8. The van der Waals surface area contributed by atoms with E-state index in [1.165, 1.54) is 0 Å². The zero-order chi connectivity index (χ0) is 19.3. The van der Waals surface area contributed by atoms with Crippen LogP contribution in [0.5, 0.6) is 0 Å². The van der Waals surface area contributed by atoms with Crippen molar-refractivity contribution in [3.05, 3.63) is 46.7 Å². The van der Waals surface area contributed by atoms with Crippen molar-refractivity contribution in [2.75, 3.05) is 13.6 Å². The summed E-state index contributed by atoms with van der Waals surface area (Å²) in [5, 5.41) is 8.19. The van der Waals surface area contributed by atoms with Crippen molar-refractivity contribution in [3.8, 4) is 11.4 Å². The van der Waals surface area contributed by atoms with Crippen molar-refractivity contribution >= 4 is 29.7 Å². The molecule has 1 amide bonds. The van der Waals surface area contributed by atoms with Gasteiger partial charge in [-0.1, -0.05) is 17.7 Å². The van der Waals surface area contributed by atoms with Gasteiger partial charge in [0.15, 0.2) is 10.6 Å². The molecular weight excluding hydrogens is 370 g/mol. The zero-order valence-electron chi connectivity index (χ0n) is 15.3. The number of carbonyl (C=O) groups is 1. The molecule has 0 aliphatic carbocycles. The van der Waals surface area contributed by atoms with Crippen molar-refractivity contribution in [2.45, 2.75) is 33.1 Å². The molecule has 0 spiro atoms. The minimum Gasteiger partial charge on any atom is -0.353 e. The first kappa shape index (κ1) is 20.4. The van der Waals surface area contributed by atoms with E-state index in [1.807, 2.05) is 54.6 Å². The van der Waals surface area contributed by atoms with Crippen molar-refractivity contribution < 1.29 is 4.79 Å². The Morgan fingerprint density at radius 2 is 2.08 bits per heavy atom. The quantitative estimate of drug-likeness (QED) is 0.552. The molecule has 1 heterocycles. The lowest BCUT2D eigenvalue weighted by molar-refractivity contribution is -0.122. The molecule has 1 aromatic carbocycles. The van der Waals surface area contributed by atoms with Gasteiger partial charge >= 0.3 is 0 Å². The molecule has 0 aliphatic heterocycles. The van der Waals surface area contributed by atoms with Crippen LogP contribution in [0.2, 0.25) is 5.02 Å². The summed E-state index contributed by atoms with van der Waals surface area (Å²) in [5.41, 5.74) is 0.918. The van der Waals surface area contributed by atoms with E-state index in [1.54, 1.807) is 10.8 Å². The maximum atomic E-state index is 11.9. The first-order valence-electron chi connectivity index (χ1n) is 8.34. The molecule has 0 bridgehead atoms. The number of halogens is 1. The van der Waals surface area contributed by atoms with Crippen molar-refractivity contribution in [3.63, 3.8) is 0 Å². The number of carbonyl (C=O) groups excluding carboxylic acids is 1. The van der Waals surface area contributed by atoms with Crippen LogP contribution in [-0.4, -0.2) is 44.8 Å². The molecule has 0 atom stereocenters. The van der Waals surface area contributed by atoms with E-state index in [2.05, 4.69) is 17.0 Å². The monoisotopic (exact) mass is 393 g/mol. The maximum Gasteiger partial charge on any atom is 0.234 e. The number of likely N-dealkylation sites (N-methyl/N-ethyl adjacent to an activating group) is 1. The summed E-state index contributed by atoms with van der Waals surface area (Å²) in [5.74, 6) is 0.712. The Balaban J connectivity index is 2.25. The van der Waals surface area contributed by atoms with Crippen LogP contribution >= 0.6 is 23.8 Å². The minimum atomic E-state index is -0.0301. The first-order valence-corrected chi connectivity index (χ1v) is 9.12. The predicted octanol–water partition coefficient (Wildman–Crippen LogP) is 3.33. The Kier molecular flexibility index (Phi) is 7.14. The van der Waals surface area contributed by atoms with Gasteiger partial charge in [-0.3, -0.25) is 14.3 Å². The summed E-state index contributed by atoms with van der Waals surface area (Å²) < 4.78 is 4.20. The lowest BCUT2D eigenvalue weighted by Gasteiger charge is -2.17. The average Bonchev–Trinajstić information content (AvgIpc) is 2.84. The number of hydrogen-bond donors (Lipinski definition) is 1. The summed E-state index contributed by atoms with van der Waals surface area (Å²) in [7, 11) is 1.86. The smallest absolute Gasteiger partial charge is 0.234 e. The molecule has 26 heavy (non-hydrogen) atoms. The average molecular weight is 394 g/mol. The minimum absolute atomic E-state index is 0.0301. The molecule has 0 aliphatic rings. The lowest BCUT2D eigenvalue weighted by Crippen LogP contribution is -2.39. The van der Waals surface area contributed by atoms with Gasteiger partial charge < -0.3 is 5.32 Å². The topological polar surface area (TPSA) is 55.1 Å². The Morgan fingerprint density at radius 1 is 1.42 bits per heavy atom. The summed E-state index contributed by atoms with van der Waals surface area (Å²) in [6, 6.07) is 7.56. The molecule has 8 heteroatoms. The standard InChI is InChI=1S/C18H24ClN5OS/c1-5-10-23-17(14-6-8-15(19)9-7-14)21-24(18(23)26)12-22(4)11-16(25)20-13(2)3/h5-9,13H,1,10-12H2,2-4H3,(H,20,25). The number of rotatable bonds is 8. The molecule has 0 saturated carbocycles. The van der Waals surface area contributed by atoms with Crippen molar-refractivity contribution in [1.29, 1.82) is 0 Å². The van der Waals surface area contributed by atoms with E-state index in [9.17, 15) is 4.79 Å². The molecule has 0 radical (unpaired) electrons. The lowest BCUT2D eigenvalue weighted by atomic mass is 10.2. The van der Waals surface area contributed by atoms with Gasteiger partial charge in [0, 0.05) is 23.2 Å². The van der Waals surface area contributed by atoms with E-state index in [4.69, 9.17) is 23.8 Å². The molecule has 140 valence electrons. The van der Waals surface area contributed by atoms with E-state index < -0.39 is 0 Å². The third-order valence-corrected chi connectivity index (χ3v) is 4.26. The Labute approximate surface area is 164 Å². The van der Waals surface area contributed by atoms with E-state index in [0.717, 1.165) is 11.4 Å². The number of allylic oxidation sites excluding steroid dienone is 1. The van der Waals surface area contributed by atoms with Gasteiger partial charge in [0.05, 0.1) is 13.2 Å². The fourth-order valence-corrected chi connectivity index (χ4v) is 2.92. The van der Waals surface area contributed by atoms with Gasteiger partial charge in [-0.25, -0.2) is 4.68 Å².